The molecule has 3 heterocycles. The van der Waals surface area contributed by atoms with E-state index < -0.39 is 6.23 Å². The number of hydrogen-bond acceptors (Lipinski definition) is 5. The van der Waals surface area contributed by atoms with E-state index in [2.05, 4.69) is 6.07 Å². The standard InChI is InChI=1S/C21H18N2O3/c1-13-10-11-20(25-13)21-23-17(15-7-3-5-9-19(15)26-21)12-16(22-23)14-6-2-4-8-18(14)24/h2-11,17,21,24H,12H2,1H3/t17-,21+/m1/s1. The van der Waals surface area contributed by atoms with E-state index in [1.807, 2.05) is 60.5 Å². The van der Waals surface area contributed by atoms with Gasteiger partial charge in [-0.3, -0.25) is 0 Å². The van der Waals surface area contributed by atoms with Crippen LogP contribution in [0.15, 0.2) is 70.2 Å². The van der Waals surface area contributed by atoms with Crippen molar-refractivity contribution in [3.63, 3.8) is 0 Å². The lowest BCUT2D eigenvalue weighted by molar-refractivity contribution is -0.0329. The van der Waals surface area contributed by atoms with Crippen molar-refractivity contribution in [2.24, 2.45) is 5.10 Å². The second-order valence-electron chi connectivity index (χ2n) is 6.62. The molecule has 130 valence electrons. The molecule has 1 N–H and O–H groups in total. The molecule has 0 bridgehead atoms. The Morgan fingerprint density at radius 2 is 1.85 bits per heavy atom. The smallest absolute Gasteiger partial charge is 0.246 e. The van der Waals surface area contributed by atoms with Crippen LogP contribution in [0, 0.1) is 6.92 Å². The van der Waals surface area contributed by atoms with Gasteiger partial charge in [-0.05, 0) is 37.3 Å². The van der Waals surface area contributed by atoms with Crippen molar-refractivity contribution in [1.82, 2.24) is 5.01 Å². The Morgan fingerprint density at radius 1 is 1.04 bits per heavy atom. The van der Waals surface area contributed by atoms with Crippen LogP contribution in [0.5, 0.6) is 11.5 Å². The fourth-order valence-electron chi connectivity index (χ4n) is 3.69. The highest BCUT2D eigenvalue weighted by molar-refractivity contribution is 6.04. The predicted octanol–water partition coefficient (Wildman–Crippen LogP) is 4.54. The van der Waals surface area contributed by atoms with Gasteiger partial charge in [-0.25, -0.2) is 5.01 Å². The number of hydrazone groups is 1. The molecule has 3 aromatic rings. The van der Waals surface area contributed by atoms with Crippen LogP contribution in [0.3, 0.4) is 0 Å². The lowest BCUT2D eigenvalue weighted by atomic mass is 9.96. The van der Waals surface area contributed by atoms with E-state index in [9.17, 15) is 5.11 Å². The molecule has 5 rings (SSSR count). The molecule has 2 aliphatic rings. The van der Waals surface area contributed by atoms with Crippen molar-refractivity contribution >= 4 is 5.71 Å². The highest BCUT2D eigenvalue weighted by Crippen LogP contribution is 2.47. The summed E-state index contributed by atoms with van der Waals surface area (Å²) in [4.78, 5) is 0. The van der Waals surface area contributed by atoms with Crippen LogP contribution in [-0.4, -0.2) is 15.8 Å². The van der Waals surface area contributed by atoms with Gasteiger partial charge >= 0.3 is 0 Å². The molecule has 0 amide bonds. The Balaban J connectivity index is 1.61. The largest absolute Gasteiger partial charge is 0.507 e. The number of rotatable bonds is 2. The normalized spacial score (nSPS) is 21.0. The lowest BCUT2D eigenvalue weighted by Crippen LogP contribution is -2.33. The minimum Gasteiger partial charge on any atom is -0.507 e. The van der Waals surface area contributed by atoms with Gasteiger partial charge in [0.2, 0.25) is 6.23 Å². The zero-order valence-corrected chi connectivity index (χ0v) is 14.3. The Bertz CT molecular complexity index is 1010. The number of ether oxygens (including phenoxy) is 1. The Hall–Kier alpha value is -3.21. The summed E-state index contributed by atoms with van der Waals surface area (Å²) in [7, 11) is 0. The van der Waals surface area contributed by atoms with Gasteiger partial charge in [0.1, 0.15) is 17.3 Å². The fourth-order valence-corrected chi connectivity index (χ4v) is 3.69. The van der Waals surface area contributed by atoms with Crippen molar-refractivity contribution in [2.45, 2.75) is 25.6 Å². The molecule has 0 saturated heterocycles. The van der Waals surface area contributed by atoms with Gasteiger partial charge in [0.15, 0.2) is 5.76 Å². The first-order chi connectivity index (χ1) is 12.7. The van der Waals surface area contributed by atoms with Gasteiger partial charge < -0.3 is 14.3 Å². The molecule has 26 heavy (non-hydrogen) atoms. The molecule has 1 aromatic heterocycles. The second-order valence-corrected chi connectivity index (χ2v) is 6.62. The number of aryl methyl sites for hydroxylation is 1. The van der Waals surface area contributed by atoms with E-state index in [4.69, 9.17) is 14.3 Å². The monoisotopic (exact) mass is 346 g/mol. The van der Waals surface area contributed by atoms with Crippen LogP contribution in [0.1, 0.15) is 41.3 Å². The summed E-state index contributed by atoms with van der Waals surface area (Å²) in [5.41, 5.74) is 2.71. The Kier molecular flexibility index (Phi) is 3.28. The number of benzene rings is 2. The highest BCUT2D eigenvalue weighted by atomic mass is 16.5. The number of furan rings is 1. The van der Waals surface area contributed by atoms with Crippen molar-refractivity contribution in [1.29, 1.82) is 0 Å². The number of fused-ring (bicyclic) bond motifs is 3. The number of phenolic OH excluding ortho intramolecular Hbond substituents is 1. The number of phenols is 1. The number of hydrogen-bond donors (Lipinski definition) is 1. The summed E-state index contributed by atoms with van der Waals surface area (Å²) < 4.78 is 12.0. The first-order valence-electron chi connectivity index (χ1n) is 8.67. The zero-order chi connectivity index (χ0) is 17.7. The molecule has 2 aromatic carbocycles. The summed E-state index contributed by atoms with van der Waals surface area (Å²) in [6, 6.07) is 19.2. The molecular weight excluding hydrogens is 328 g/mol. The summed E-state index contributed by atoms with van der Waals surface area (Å²) in [6.45, 7) is 1.92. The molecule has 0 radical (unpaired) electrons. The van der Waals surface area contributed by atoms with Crippen LogP contribution in [0.25, 0.3) is 0 Å². The van der Waals surface area contributed by atoms with E-state index in [-0.39, 0.29) is 11.8 Å². The van der Waals surface area contributed by atoms with Gasteiger partial charge in [-0.15, -0.1) is 0 Å². The highest BCUT2D eigenvalue weighted by Gasteiger charge is 2.42. The predicted molar refractivity (Wildman–Crippen MR) is 97.1 cm³/mol. The summed E-state index contributed by atoms with van der Waals surface area (Å²) >= 11 is 0. The fraction of sp³-hybridized carbons (Fsp3) is 0.190. The van der Waals surface area contributed by atoms with Crippen LogP contribution in [0.4, 0.5) is 0 Å². The first kappa shape index (κ1) is 15.1. The molecule has 0 saturated carbocycles. The molecule has 0 spiro atoms. The minimum atomic E-state index is -0.424. The number of para-hydroxylation sites is 2. The molecule has 5 nitrogen and oxygen atoms in total. The molecule has 0 fully saturated rings. The van der Waals surface area contributed by atoms with Crippen molar-refractivity contribution in [3.8, 4) is 11.5 Å². The topological polar surface area (TPSA) is 58.2 Å². The molecule has 0 unspecified atom stereocenters. The third-order valence-corrected chi connectivity index (χ3v) is 4.92. The van der Waals surface area contributed by atoms with Crippen molar-refractivity contribution in [3.05, 3.63) is 83.3 Å². The summed E-state index contributed by atoms with van der Waals surface area (Å²) in [5, 5.41) is 17.0. The SMILES string of the molecule is Cc1ccc([C@@H]2Oc3ccccc3[C@H]3CC(c4ccccc4O)=NN32)o1. The molecular formula is C21H18N2O3. The van der Waals surface area contributed by atoms with E-state index in [1.165, 1.54) is 0 Å². The van der Waals surface area contributed by atoms with Gasteiger partial charge in [-0.1, -0.05) is 30.3 Å². The maximum absolute atomic E-state index is 10.2. The third kappa shape index (κ3) is 2.28. The van der Waals surface area contributed by atoms with Gasteiger partial charge in [0, 0.05) is 17.5 Å². The summed E-state index contributed by atoms with van der Waals surface area (Å²) in [5.74, 6) is 2.65. The van der Waals surface area contributed by atoms with Crippen LogP contribution < -0.4 is 4.74 Å². The van der Waals surface area contributed by atoms with Gasteiger partial charge in [-0.2, -0.15) is 5.10 Å². The zero-order valence-electron chi connectivity index (χ0n) is 14.3. The van der Waals surface area contributed by atoms with Crippen LogP contribution >= 0.6 is 0 Å². The quantitative estimate of drug-likeness (QED) is 0.740. The van der Waals surface area contributed by atoms with E-state index in [0.717, 1.165) is 34.1 Å². The van der Waals surface area contributed by atoms with Crippen molar-refractivity contribution in [2.75, 3.05) is 0 Å². The molecule has 2 atom stereocenters. The molecule has 5 heteroatoms. The maximum atomic E-state index is 10.2. The van der Waals surface area contributed by atoms with E-state index in [0.29, 0.717) is 6.42 Å². The minimum absolute atomic E-state index is 0.0463. The average molecular weight is 346 g/mol. The first-order valence-corrected chi connectivity index (χ1v) is 8.67. The Morgan fingerprint density at radius 3 is 2.65 bits per heavy atom. The van der Waals surface area contributed by atoms with E-state index in [1.54, 1.807) is 6.07 Å². The van der Waals surface area contributed by atoms with Crippen molar-refractivity contribution < 1.29 is 14.3 Å². The summed E-state index contributed by atoms with van der Waals surface area (Å²) in [6.07, 6.45) is 0.278. The Labute approximate surface area is 151 Å². The third-order valence-electron chi connectivity index (χ3n) is 4.92. The lowest BCUT2D eigenvalue weighted by Gasteiger charge is -2.36. The number of aromatic hydroxyl groups is 1. The average Bonchev–Trinajstić information content (AvgIpc) is 3.28. The second kappa shape index (κ2) is 5.66. The van der Waals surface area contributed by atoms with E-state index >= 15 is 0 Å². The molecule has 2 aliphatic heterocycles. The molecule has 0 aliphatic carbocycles. The van der Waals surface area contributed by atoms with Gasteiger partial charge in [0.25, 0.3) is 0 Å². The maximum Gasteiger partial charge on any atom is 0.246 e. The van der Waals surface area contributed by atoms with Crippen LogP contribution in [0.2, 0.25) is 0 Å². The van der Waals surface area contributed by atoms with Crippen LogP contribution in [-0.2, 0) is 0 Å². The van der Waals surface area contributed by atoms with Gasteiger partial charge in [0.05, 0.1) is 11.8 Å². The number of nitrogens with zero attached hydrogens (tertiary/aromatic N) is 2.